The maximum atomic E-state index is 12.4. The Kier molecular flexibility index (Phi) is 5.51. The summed E-state index contributed by atoms with van der Waals surface area (Å²) in [5.74, 6) is 0.314. The second-order valence-corrected chi connectivity index (χ2v) is 7.29. The number of thioether (sulfide) groups is 1. The molecule has 1 saturated heterocycles. The average molecular weight is 383 g/mol. The van der Waals surface area contributed by atoms with E-state index < -0.39 is 18.2 Å². The number of hydrogen-bond donors (Lipinski definition) is 2. The number of likely N-dealkylation sites (N-methyl/N-ethyl adjacent to an activating group) is 1. The van der Waals surface area contributed by atoms with Gasteiger partial charge in [0.15, 0.2) is 17.4 Å². The molecule has 1 aromatic carbocycles. The van der Waals surface area contributed by atoms with Crippen molar-refractivity contribution in [1.29, 1.82) is 0 Å². The van der Waals surface area contributed by atoms with Gasteiger partial charge in [0.05, 0.1) is 0 Å². The number of amidine groups is 1. The molecular formula is C16H19ClN4O3S. The second kappa shape index (κ2) is 7.63. The lowest BCUT2D eigenvalue weighted by atomic mass is 10.1. The fourth-order valence-electron chi connectivity index (χ4n) is 2.83. The van der Waals surface area contributed by atoms with Crippen molar-refractivity contribution in [1.82, 2.24) is 15.1 Å². The highest BCUT2D eigenvalue weighted by Gasteiger charge is 2.48. The van der Waals surface area contributed by atoms with E-state index in [-0.39, 0.29) is 12.5 Å². The van der Waals surface area contributed by atoms with E-state index in [4.69, 9.17) is 16.7 Å². The van der Waals surface area contributed by atoms with E-state index in [0.29, 0.717) is 28.9 Å². The Labute approximate surface area is 155 Å². The van der Waals surface area contributed by atoms with Crippen LogP contribution in [0.25, 0.3) is 0 Å². The van der Waals surface area contributed by atoms with Gasteiger partial charge in [0.1, 0.15) is 0 Å². The lowest BCUT2D eigenvalue weighted by molar-refractivity contribution is -0.127. The third kappa shape index (κ3) is 3.61. The number of nitrogens with zero attached hydrogens (tertiary/aromatic N) is 3. The zero-order valence-corrected chi connectivity index (χ0v) is 15.3. The normalized spacial score (nSPS) is 22.8. The number of imide groups is 1. The van der Waals surface area contributed by atoms with E-state index in [1.807, 2.05) is 23.1 Å². The summed E-state index contributed by atoms with van der Waals surface area (Å²) < 4.78 is 0. The van der Waals surface area contributed by atoms with Crippen molar-refractivity contribution in [3.05, 3.63) is 34.9 Å². The van der Waals surface area contributed by atoms with Crippen LogP contribution in [0.4, 0.5) is 4.79 Å². The van der Waals surface area contributed by atoms with E-state index in [1.165, 1.54) is 16.7 Å². The maximum Gasteiger partial charge on any atom is 0.325 e. The summed E-state index contributed by atoms with van der Waals surface area (Å²) in [6.07, 6.45) is 0.0697. The molecule has 0 bridgehead atoms. The predicted octanol–water partition coefficient (Wildman–Crippen LogP) is 1.50. The van der Waals surface area contributed by atoms with Crippen LogP contribution in [0, 0.1) is 0 Å². The summed E-state index contributed by atoms with van der Waals surface area (Å²) >= 11 is 7.74. The summed E-state index contributed by atoms with van der Waals surface area (Å²) in [7, 11) is 1.62. The Morgan fingerprint density at radius 3 is 2.84 bits per heavy atom. The summed E-state index contributed by atoms with van der Waals surface area (Å²) in [6.45, 7) is 0.512. The zero-order chi connectivity index (χ0) is 18.0. The molecular weight excluding hydrogens is 364 g/mol. The summed E-state index contributed by atoms with van der Waals surface area (Å²) in [5.41, 5.74) is 0.882. The zero-order valence-electron chi connectivity index (χ0n) is 13.7. The average Bonchev–Trinajstić information content (AvgIpc) is 2.94. The molecule has 25 heavy (non-hydrogen) atoms. The molecule has 3 rings (SSSR count). The Bertz CT molecular complexity index is 714. The molecule has 2 atom stereocenters. The van der Waals surface area contributed by atoms with Crippen LogP contribution in [-0.4, -0.2) is 63.6 Å². The van der Waals surface area contributed by atoms with Gasteiger partial charge in [-0.2, -0.15) is 0 Å². The summed E-state index contributed by atoms with van der Waals surface area (Å²) in [5, 5.41) is 12.7. The van der Waals surface area contributed by atoms with Crippen LogP contribution in [0.3, 0.4) is 0 Å². The third-order valence-electron chi connectivity index (χ3n) is 4.15. The molecule has 9 heteroatoms. The van der Waals surface area contributed by atoms with Gasteiger partial charge >= 0.3 is 6.03 Å². The van der Waals surface area contributed by atoms with E-state index in [2.05, 4.69) is 10.3 Å². The van der Waals surface area contributed by atoms with E-state index >= 15 is 0 Å². The number of amides is 3. The van der Waals surface area contributed by atoms with Crippen LogP contribution in [0.1, 0.15) is 12.0 Å². The summed E-state index contributed by atoms with van der Waals surface area (Å²) in [4.78, 5) is 32.2. The molecule has 2 N–H and O–H groups in total. The Morgan fingerprint density at radius 1 is 1.36 bits per heavy atom. The van der Waals surface area contributed by atoms with E-state index in [0.717, 1.165) is 5.56 Å². The molecule has 0 saturated carbocycles. The van der Waals surface area contributed by atoms with Crippen LogP contribution >= 0.6 is 23.4 Å². The lowest BCUT2D eigenvalue weighted by Crippen LogP contribution is -2.63. The standard InChI is InChI=1S/C16H19ClN4O3S/c1-20-13-12(14(23)19-15(20)24)21(16(18-13)25-8-4-7-22)9-10-5-2-3-6-11(10)17/h2-3,5-6,12-13,22H,4,7-9H2,1H3,(H,19,23,24). The number of nitrogens with one attached hydrogen (secondary N) is 1. The molecule has 1 aromatic rings. The molecule has 2 unspecified atom stereocenters. The van der Waals surface area contributed by atoms with Crippen molar-refractivity contribution in [2.24, 2.45) is 4.99 Å². The predicted molar refractivity (Wildman–Crippen MR) is 97.5 cm³/mol. The van der Waals surface area contributed by atoms with Crippen molar-refractivity contribution in [2.45, 2.75) is 25.2 Å². The van der Waals surface area contributed by atoms with Crippen molar-refractivity contribution in [3.8, 4) is 0 Å². The molecule has 1 fully saturated rings. The number of carbonyl (C=O) groups is 2. The smallest absolute Gasteiger partial charge is 0.325 e. The molecule has 2 aliphatic rings. The molecule has 0 aromatic heterocycles. The number of carbonyl (C=O) groups excluding carboxylic acids is 2. The Hall–Kier alpha value is -1.77. The number of halogens is 1. The molecule has 134 valence electrons. The fraction of sp³-hybridized carbons (Fsp3) is 0.438. The van der Waals surface area contributed by atoms with E-state index in [1.54, 1.807) is 13.1 Å². The monoisotopic (exact) mass is 382 g/mol. The van der Waals surface area contributed by atoms with Gasteiger partial charge in [0.25, 0.3) is 5.91 Å². The molecule has 0 aliphatic carbocycles. The minimum Gasteiger partial charge on any atom is -0.396 e. The number of hydrogen-bond acceptors (Lipinski definition) is 6. The molecule has 0 spiro atoms. The SMILES string of the molecule is CN1C(=O)NC(=O)C2C1N=C(SCCCO)N2Cc1ccccc1Cl. The topological polar surface area (TPSA) is 85.2 Å². The van der Waals surface area contributed by atoms with Gasteiger partial charge in [-0.1, -0.05) is 41.6 Å². The number of aliphatic hydroxyl groups excluding tert-OH is 1. The Morgan fingerprint density at radius 2 is 2.12 bits per heavy atom. The van der Waals surface area contributed by atoms with Crippen LogP contribution in [0.2, 0.25) is 5.02 Å². The molecule has 3 amide bonds. The first-order valence-electron chi connectivity index (χ1n) is 7.92. The highest BCUT2D eigenvalue weighted by atomic mass is 35.5. The minimum absolute atomic E-state index is 0.0938. The molecule has 2 aliphatic heterocycles. The van der Waals surface area contributed by atoms with Crippen molar-refractivity contribution >= 4 is 40.5 Å². The van der Waals surface area contributed by atoms with Gasteiger partial charge in [-0.25, -0.2) is 9.79 Å². The molecule has 0 radical (unpaired) electrons. The van der Waals surface area contributed by atoms with Crippen LogP contribution in [0.5, 0.6) is 0 Å². The molecule has 2 heterocycles. The number of fused-ring (bicyclic) bond motifs is 1. The number of urea groups is 1. The molecule has 7 nitrogen and oxygen atoms in total. The quantitative estimate of drug-likeness (QED) is 0.754. The largest absolute Gasteiger partial charge is 0.396 e. The first-order chi connectivity index (χ1) is 12.0. The van der Waals surface area contributed by atoms with E-state index in [9.17, 15) is 9.59 Å². The lowest BCUT2D eigenvalue weighted by Gasteiger charge is -2.36. The number of benzene rings is 1. The summed E-state index contributed by atoms with van der Waals surface area (Å²) in [6, 6.07) is 6.41. The first kappa shape index (κ1) is 18.0. The van der Waals surface area contributed by atoms with Gasteiger partial charge in [-0.05, 0) is 18.1 Å². The Balaban J connectivity index is 1.88. The number of aliphatic imine (C=N–C) groups is 1. The van der Waals surface area contributed by atoms with Crippen LogP contribution in [0.15, 0.2) is 29.3 Å². The number of aliphatic hydroxyl groups is 1. The van der Waals surface area contributed by atoms with Crippen LogP contribution < -0.4 is 5.32 Å². The van der Waals surface area contributed by atoms with Gasteiger partial charge in [-0.3, -0.25) is 10.1 Å². The van der Waals surface area contributed by atoms with Crippen molar-refractivity contribution in [2.75, 3.05) is 19.4 Å². The minimum atomic E-state index is -0.587. The third-order valence-corrected chi connectivity index (χ3v) is 5.61. The van der Waals surface area contributed by atoms with Gasteiger partial charge in [0.2, 0.25) is 0 Å². The maximum absolute atomic E-state index is 12.4. The highest BCUT2D eigenvalue weighted by molar-refractivity contribution is 8.13. The van der Waals surface area contributed by atoms with Crippen LogP contribution in [-0.2, 0) is 11.3 Å². The van der Waals surface area contributed by atoms with Gasteiger partial charge in [-0.15, -0.1) is 0 Å². The first-order valence-corrected chi connectivity index (χ1v) is 9.28. The van der Waals surface area contributed by atoms with Crippen molar-refractivity contribution < 1.29 is 14.7 Å². The highest BCUT2D eigenvalue weighted by Crippen LogP contribution is 2.31. The number of rotatable bonds is 5. The van der Waals surface area contributed by atoms with Crippen molar-refractivity contribution in [3.63, 3.8) is 0 Å². The van der Waals surface area contributed by atoms with Gasteiger partial charge < -0.3 is 14.9 Å². The fourth-order valence-corrected chi connectivity index (χ4v) is 4.00. The van der Waals surface area contributed by atoms with Gasteiger partial charge in [0, 0.05) is 31.0 Å². The second-order valence-electron chi connectivity index (χ2n) is 5.82.